The van der Waals surface area contributed by atoms with Gasteiger partial charge in [0, 0.05) is 33.3 Å². The fourth-order valence-corrected chi connectivity index (χ4v) is 2.83. The normalized spacial score (nSPS) is 15.0. The molecule has 0 aliphatic carbocycles. The Morgan fingerprint density at radius 2 is 1.86 bits per heavy atom. The maximum atomic E-state index is 12.5. The lowest BCUT2D eigenvalue weighted by Gasteiger charge is -2.34. The molecule has 0 aromatic carbocycles. The van der Waals surface area contributed by atoms with Crippen LogP contribution in [0.15, 0.2) is 6.07 Å². The van der Waals surface area contributed by atoms with Gasteiger partial charge in [0.2, 0.25) is 5.91 Å². The smallest absolute Gasteiger partial charge is 0.258 e. The van der Waals surface area contributed by atoms with Crippen LogP contribution in [0.2, 0.25) is 10.2 Å². The van der Waals surface area contributed by atoms with Gasteiger partial charge in [-0.2, -0.15) is 0 Å². The van der Waals surface area contributed by atoms with Gasteiger partial charge in [-0.1, -0.05) is 23.2 Å². The number of aromatic nitrogens is 1. The van der Waals surface area contributed by atoms with Crippen molar-refractivity contribution in [3.63, 3.8) is 0 Å². The summed E-state index contributed by atoms with van der Waals surface area (Å²) < 4.78 is 4.82. The van der Waals surface area contributed by atoms with E-state index in [0.717, 1.165) is 0 Å². The minimum atomic E-state index is -0.318. The van der Waals surface area contributed by atoms with Gasteiger partial charge in [-0.05, 0) is 6.07 Å². The summed E-state index contributed by atoms with van der Waals surface area (Å²) >= 11 is 12.0. The highest BCUT2D eigenvalue weighted by Gasteiger charge is 2.27. The Morgan fingerprint density at radius 1 is 1.27 bits per heavy atom. The summed E-state index contributed by atoms with van der Waals surface area (Å²) in [7, 11) is 1.47. The van der Waals surface area contributed by atoms with E-state index in [1.807, 2.05) is 0 Å². The van der Waals surface area contributed by atoms with Crippen molar-refractivity contribution in [1.82, 2.24) is 14.8 Å². The SMILES string of the molecule is COCC(=O)N1CCN(C(=O)c2c(Cl)cc(N)nc2Cl)CC1. The highest BCUT2D eigenvalue weighted by Crippen LogP contribution is 2.26. The molecule has 0 bridgehead atoms. The molecule has 9 heteroatoms. The summed E-state index contributed by atoms with van der Waals surface area (Å²) in [5.41, 5.74) is 5.66. The summed E-state index contributed by atoms with van der Waals surface area (Å²) in [4.78, 5) is 31.3. The lowest BCUT2D eigenvalue weighted by Crippen LogP contribution is -2.51. The number of methoxy groups -OCH3 is 1. The Bertz CT molecular complexity index is 566. The fraction of sp³-hybridized carbons (Fsp3) is 0.462. The van der Waals surface area contributed by atoms with Crippen molar-refractivity contribution in [2.75, 3.05) is 45.6 Å². The second-order valence-corrected chi connectivity index (χ2v) is 5.57. The lowest BCUT2D eigenvalue weighted by atomic mass is 10.2. The van der Waals surface area contributed by atoms with Crippen molar-refractivity contribution in [2.24, 2.45) is 0 Å². The third kappa shape index (κ3) is 3.60. The number of pyridine rings is 1. The molecular formula is C13H16Cl2N4O3. The molecule has 0 spiro atoms. The molecule has 0 atom stereocenters. The zero-order valence-electron chi connectivity index (χ0n) is 12.0. The molecule has 0 saturated carbocycles. The van der Waals surface area contributed by atoms with Crippen LogP contribution in [-0.2, 0) is 9.53 Å². The van der Waals surface area contributed by atoms with Gasteiger partial charge >= 0.3 is 0 Å². The van der Waals surface area contributed by atoms with Crippen LogP contribution in [0, 0.1) is 0 Å². The summed E-state index contributed by atoms with van der Waals surface area (Å²) in [6.45, 7) is 1.70. The predicted octanol–water partition coefficient (Wildman–Crippen LogP) is 0.901. The average molecular weight is 347 g/mol. The number of nitrogens with two attached hydrogens (primary N) is 1. The zero-order chi connectivity index (χ0) is 16.3. The molecule has 1 saturated heterocycles. The number of carbonyl (C=O) groups is 2. The number of nitrogens with zero attached hydrogens (tertiary/aromatic N) is 3. The van der Waals surface area contributed by atoms with Gasteiger partial charge in [0.15, 0.2) is 0 Å². The molecule has 22 heavy (non-hydrogen) atoms. The number of hydrogen-bond donors (Lipinski definition) is 1. The molecule has 0 unspecified atom stereocenters. The topological polar surface area (TPSA) is 88.8 Å². The van der Waals surface area contributed by atoms with E-state index >= 15 is 0 Å². The highest BCUT2D eigenvalue weighted by atomic mass is 35.5. The van der Waals surface area contributed by atoms with Crippen LogP contribution < -0.4 is 5.73 Å². The van der Waals surface area contributed by atoms with E-state index in [-0.39, 0.29) is 40.0 Å². The summed E-state index contributed by atoms with van der Waals surface area (Å²) in [5.74, 6) is -0.261. The van der Waals surface area contributed by atoms with Crippen LogP contribution in [0.25, 0.3) is 0 Å². The molecule has 1 aromatic heterocycles. The number of rotatable bonds is 3. The second-order valence-electron chi connectivity index (χ2n) is 4.80. The first-order valence-electron chi connectivity index (χ1n) is 6.61. The van der Waals surface area contributed by atoms with Crippen LogP contribution >= 0.6 is 23.2 Å². The minimum absolute atomic E-state index is 0.0205. The minimum Gasteiger partial charge on any atom is -0.384 e. The molecule has 1 fully saturated rings. The van der Waals surface area contributed by atoms with Crippen LogP contribution in [0.5, 0.6) is 0 Å². The second kappa shape index (κ2) is 7.13. The average Bonchev–Trinajstić information content (AvgIpc) is 2.46. The Labute approximate surface area is 137 Å². The van der Waals surface area contributed by atoms with Crippen molar-refractivity contribution < 1.29 is 14.3 Å². The number of anilines is 1. The van der Waals surface area contributed by atoms with Crippen molar-refractivity contribution >= 4 is 40.8 Å². The lowest BCUT2D eigenvalue weighted by molar-refractivity contribution is -0.136. The largest absolute Gasteiger partial charge is 0.384 e. The summed E-state index contributed by atoms with van der Waals surface area (Å²) in [6.07, 6.45) is 0. The maximum absolute atomic E-state index is 12.5. The molecule has 120 valence electrons. The van der Waals surface area contributed by atoms with Crippen molar-refractivity contribution in [3.05, 3.63) is 21.8 Å². The first kappa shape index (κ1) is 16.8. The van der Waals surface area contributed by atoms with Crippen molar-refractivity contribution in [2.45, 2.75) is 0 Å². The predicted molar refractivity (Wildman–Crippen MR) is 83.0 cm³/mol. The van der Waals surface area contributed by atoms with Gasteiger partial charge in [0.25, 0.3) is 5.91 Å². The monoisotopic (exact) mass is 346 g/mol. The Kier molecular flexibility index (Phi) is 5.44. The van der Waals surface area contributed by atoms with E-state index in [9.17, 15) is 9.59 Å². The van der Waals surface area contributed by atoms with Gasteiger partial charge in [0.1, 0.15) is 17.6 Å². The number of carbonyl (C=O) groups excluding carboxylic acids is 2. The molecule has 0 radical (unpaired) electrons. The van der Waals surface area contributed by atoms with Crippen LogP contribution in [0.4, 0.5) is 5.82 Å². The van der Waals surface area contributed by atoms with E-state index in [1.54, 1.807) is 9.80 Å². The van der Waals surface area contributed by atoms with E-state index in [1.165, 1.54) is 13.2 Å². The van der Waals surface area contributed by atoms with Gasteiger partial charge < -0.3 is 20.3 Å². The number of hydrogen-bond acceptors (Lipinski definition) is 5. The third-order valence-electron chi connectivity index (χ3n) is 3.35. The molecule has 2 heterocycles. The van der Waals surface area contributed by atoms with E-state index in [4.69, 9.17) is 33.7 Å². The molecule has 1 aliphatic rings. The number of nitrogen functional groups attached to an aromatic ring is 1. The summed E-state index contributed by atoms with van der Waals surface area (Å²) in [5, 5.41) is 0.147. The molecule has 2 rings (SSSR count). The first-order valence-corrected chi connectivity index (χ1v) is 7.37. The van der Waals surface area contributed by atoms with Gasteiger partial charge in [0.05, 0.1) is 10.6 Å². The maximum Gasteiger partial charge on any atom is 0.258 e. The quantitative estimate of drug-likeness (QED) is 0.821. The van der Waals surface area contributed by atoms with E-state index < -0.39 is 0 Å². The van der Waals surface area contributed by atoms with Crippen molar-refractivity contribution in [1.29, 1.82) is 0 Å². The standard InChI is InChI=1S/C13H16Cl2N4O3/c1-22-7-10(20)18-2-4-19(5-3-18)13(21)11-8(14)6-9(16)17-12(11)15/h6H,2-5,7H2,1H3,(H2,16,17). The highest BCUT2D eigenvalue weighted by molar-refractivity contribution is 6.39. The molecule has 7 nitrogen and oxygen atoms in total. The van der Waals surface area contributed by atoms with Crippen LogP contribution in [-0.4, -0.2) is 66.5 Å². The number of piperazine rings is 1. The molecule has 1 aliphatic heterocycles. The fourth-order valence-electron chi connectivity index (χ4n) is 2.22. The molecule has 2 amide bonds. The summed E-state index contributed by atoms with van der Waals surface area (Å²) in [6, 6.07) is 1.39. The zero-order valence-corrected chi connectivity index (χ0v) is 13.5. The molecule has 1 aromatic rings. The molecular weight excluding hydrogens is 331 g/mol. The Balaban J connectivity index is 2.06. The van der Waals surface area contributed by atoms with Gasteiger partial charge in [-0.3, -0.25) is 9.59 Å². The first-order chi connectivity index (χ1) is 10.4. The van der Waals surface area contributed by atoms with Crippen LogP contribution in [0.1, 0.15) is 10.4 Å². The van der Waals surface area contributed by atoms with Gasteiger partial charge in [-0.25, -0.2) is 4.98 Å². The van der Waals surface area contributed by atoms with E-state index in [0.29, 0.717) is 26.2 Å². The number of amides is 2. The van der Waals surface area contributed by atoms with Crippen molar-refractivity contribution in [3.8, 4) is 0 Å². The molecule has 2 N–H and O–H groups in total. The Hall–Kier alpha value is -1.57. The van der Waals surface area contributed by atoms with E-state index in [2.05, 4.69) is 4.98 Å². The number of halogens is 2. The Morgan fingerprint density at radius 3 is 2.41 bits per heavy atom. The third-order valence-corrected chi connectivity index (χ3v) is 3.92. The van der Waals surface area contributed by atoms with Gasteiger partial charge in [-0.15, -0.1) is 0 Å². The van der Waals surface area contributed by atoms with Crippen LogP contribution in [0.3, 0.4) is 0 Å². The number of ether oxygens (including phenoxy) is 1.